The molecule has 0 aliphatic heterocycles. The highest BCUT2D eigenvalue weighted by atomic mass is 32.2. The lowest BCUT2D eigenvalue weighted by atomic mass is 10.2. The van der Waals surface area contributed by atoms with Gasteiger partial charge in [-0.25, -0.2) is 0 Å². The van der Waals surface area contributed by atoms with E-state index in [4.69, 9.17) is 4.42 Å². The van der Waals surface area contributed by atoms with Gasteiger partial charge in [0.15, 0.2) is 5.76 Å². The van der Waals surface area contributed by atoms with E-state index in [0.29, 0.717) is 12.1 Å². The Hall–Kier alpha value is -2.28. The minimum Gasteiger partial charge on any atom is -0.459 e. The van der Waals surface area contributed by atoms with Crippen LogP contribution in [0.15, 0.2) is 47.3 Å². The molecule has 0 spiro atoms. The van der Waals surface area contributed by atoms with E-state index in [0.717, 1.165) is 5.75 Å². The molecule has 1 atom stereocenters. The van der Waals surface area contributed by atoms with Gasteiger partial charge in [0.2, 0.25) is 5.91 Å². The van der Waals surface area contributed by atoms with Crippen molar-refractivity contribution in [3.8, 4) is 0 Å². The molecule has 0 unspecified atom stereocenters. The molecule has 0 saturated carbocycles. The number of carbonyl (C=O) groups excluding carboxylic acids is 2. The van der Waals surface area contributed by atoms with Crippen molar-refractivity contribution in [3.05, 3.63) is 48.7 Å². The number of aromatic nitrogens is 1. The Bertz CT molecular complexity index is 602. The van der Waals surface area contributed by atoms with E-state index < -0.39 is 11.9 Å². The first-order valence-corrected chi connectivity index (χ1v) is 8.14. The number of carbonyl (C=O) groups is 2. The van der Waals surface area contributed by atoms with Gasteiger partial charge in [0.25, 0.3) is 5.91 Å². The topological polar surface area (TPSA) is 84.2 Å². The summed E-state index contributed by atoms with van der Waals surface area (Å²) in [6, 6.07) is 5.94. The van der Waals surface area contributed by atoms with E-state index in [2.05, 4.69) is 15.6 Å². The first-order valence-electron chi connectivity index (χ1n) is 6.75. The highest BCUT2D eigenvalue weighted by molar-refractivity contribution is 7.98. The van der Waals surface area contributed by atoms with Crippen LogP contribution in [0.5, 0.6) is 0 Å². The fraction of sp³-hybridized carbons (Fsp3) is 0.267. The van der Waals surface area contributed by atoms with Crippen molar-refractivity contribution in [2.45, 2.75) is 12.5 Å². The maximum atomic E-state index is 12.3. The van der Waals surface area contributed by atoms with E-state index in [1.54, 1.807) is 48.4 Å². The Morgan fingerprint density at radius 3 is 2.73 bits per heavy atom. The summed E-state index contributed by atoms with van der Waals surface area (Å²) in [6.07, 6.45) is 7.08. The van der Waals surface area contributed by atoms with Crippen LogP contribution in [-0.2, 0) is 4.79 Å². The lowest BCUT2D eigenvalue weighted by Gasteiger charge is -2.17. The monoisotopic (exact) mass is 319 g/mol. The van der Waals surface area contributed by atoms with Gasteiger partial charge < -0.3 is 15.1 Å². The largest absolute Gasteiger partial charge is 0.459 e. The number of rotatable bonds is 7. The second kappa shape index (κ2) is 8.23. The number of amides is 2. The van der Waals surface area contributed by atoms with Crippen molar-refractivity contribution >= 4 is 29.3 Å². The summed E-state index contributed by atoms with van der Waals surface area (Å²) >= 11 is 1.61. The molecule has 0 fully saturated rings. The van der Waals surface area contributed by atoms with Gasteiger partial charge >= 0.3 is 0 Å². The van der Waals surface area contributed by atoms with Crippen molar-refractivity contribution in [3.63, 3.8) is 0 Å². The van der Waals surface area contributed by atoms with Crippen LogP contribution in [0.1, 0.15) is 17.0 Å². The molecule has 116 valence electrons. The average molecular weight is 319 g/mol. The third kappa shape index (κ3) is 4.63. The van der Waals surface area contributed by atoms with Gasteiger partial charge in [0.05, 0.1) is 6.26 Å². The van der Waals surface area contributed by atoms with Gasteiger partial charge in [-0.15, -0.1) is 0 Å². The Morgan fingerprint density at radius 1 is 1.32 bits per heavy atom. The molecule has 0 aromatic carbocycles. The molecule has 2 rings (SSSR count). The summed E-state index contributed by atoms with van der Waals surface area (Å²) in [4.78, 5) is 28.3. The molecule has 0 aliphatic carbocycles. The van der Waals surface area contributed by atoms with E-state index in [1.807, 2.05) is 6.26 Å². The van der Waals surface area contributed by atoms with E-state index in [9.17, 15) is 9.59 Å². The first-order chi connectivity index (χ1) is 10.7. The molecule has 6 nitrogen and oxygen atoms in total. The minimum atomic E-state index is -0.627. The summed E-state index contributed by atoms with van der Waals surface area (Å²) < 4.78 is 5.04. The Kier molecular flexibility index (Phi) is 6.02. The Morgan fingerprint density at radius 2 is 2.09 bits per heavy atom. The number of hydrogen-bond donors (Lipinski definition) is 2. The molecular weight excluding hydrogens is 302 g/mol. The van der Waals surface area contributed by atoms with Gasteiger partial charge in [-0.1, -0.05) is 0 Å². The van der Waals surface area contributed by atoms with Gasteiger partial charge in [0.1, 0.15) is 6.04 Å². The van der Waals surface area contributed by atoms with Gasteiger partial charge in [-0.3, -0.25) is 14.6 Å². The molecule has 7 heteroatoms. The highest BCUT2D eigenvalue weighted by Gasteiger charge is 2.22. The van der Waals surface area contributed by atoms with Crippen LogP contribution in [0.2, 0.25) is 0 Å². The summed E-state index contributed by atoms with van der Waals surface area (Å²) in [7, 11) is 0. The molecule has 2 amide bonds. The number of pyridine rings is 1. The normalized spacial score (nSPS) is 11.7. The standard InChI is InChI=1S/C15H17N3O3S/c1-22-10-6-12(18-15(20)13-3-2-9-21-13)14(19)17-11-4-7-16-8-5-11/h2-5,7-9,12H,6,10H2,1H3,(H,18,20)(H,16,17,19)/t12-/m0/s1. The van der Waals surface area contributed by atoms with Crippen LogP contribution in [-0.4, -0.2) is 34.8 Å². The second-order valence-corrected chi connectivity index (χ2v) is 5.50. The molecule has 0 aliphatic rings. The van der Waals surface area contributed by atoms with Crippen LogP contribution < -0.4 is 10.6 Å². The van der Waals surface area contributed by atoms with E-state index in [1.165, 1.54) is 6.26 Å². The molecule has 2 aromatic heterocycles. The lowest BCUT2D eigenvalue weighted by molar-refractivity contribution is -0.118. The van der Waals surface area contributed by atoms with Crippen molar-refractivity contribution in [1.29, 1.82) is 0 Å². The number of anilines is 1. The third-order valence-electron chi connectivity index (χ3n) is 2.93. The molecule has 2 N–H and O–H groups in total. The predicted molar refractivity (Wildman–Crippen MR) is 85.8 cm³/mol. The summed E-state index contributed by atoms with van der Waals surface area (Å²) in [5.41, 5.74) is 0.640. The molecule has 0 radical (unpaired) electrons. The van der Waals surface area contributed by atoms with Gasteiger partial charge in [0, 0.05) is 18.1 Å². The average Bonchev–Trinajstić information content (AvgIpc) is 3.06. The quantitative estimate of drug-likeness (QED) is 0.817. The Balaban J connectivity index is 2.01. The predicted octanol–water partition coefficient (Wildman–Crippen LogP) is 2.16. The van der Waals surface area contributed by atoms with Crippen molar-refractivity contribution in [2.75, 3.05) is 17.3 Å². The second-order valence-electron chi connectivity index (χ2n) is 4.51. The fourth-order valence-corrected chi connectivity index (χ4v) is 2.28. The van der Waals surface area contributed by atoms with Gasteiger partial charge in [-0.2, -0.15) is 11.8 Å². The lowest BCUT2D eigenvalue weighted by Crippen LogP contribution is -2.44. The van der Waals surface area contributed by atoms with Crippen LogP contribution in [0.3, 0.4) is 0 Å². The minimum absolute atomic E-state index is 0.186. The molecular formula is C15H17N3O3S. The molecule has 0 bridgehead atoms. The zero-order valence-corrected chi connectivity index (χ0v) is 12.9. The number of thioether (sulfide) groups is 1. The van der Waals surface area contributed by atoms with Gasteiger partial charge in [-0.05, 0) is 42.7 Å². The maximum absolute atomic E-state index is 12.3. The number of nitrogens with one attached hydrogen (secondary N) is 2. The third-order valence-corrected chi connectivity index (χ3v) is 3.57. The maximum Gasteiger partial charge on any atom is 0.287 e. The Labute approximate surface area is 132 Å². The number of nitrogens with zero attached hydrogens (tertiary/aromatic N) is 1. The molecule has 2 heterocycles. The molecule has 2 aromatic rings. The van der Waals surface area contributed by atoms with E-state index in [-0.39, 0.29) is 11.7 Å². The molecule has 22 heavy (non-hydrogen) atoms. The summed E-state index contributed by atoms with van der Waals surface area (Å²) in [5.74, 6) is 0.277. The highest BCUT2D eigenvalue weighted by Crippen LogP contribution is 2.09. The van der Waals surface area contributed by atoms with Crippen molar-refractivity contribution in [2.24, 2.45) is 0 Å². The number of hydrogen-bond acceptors (Lipinski definition) is 5. The van der Waals surface area contributed by atoms with Crippen molar-refractivity contribution in [1.82, 2.24) is 10.3 Å². The smallest absolute Gasteiger partial charge is 0.287 e. The first kappa shape index (κ1) is 16.1. The summed E-state index contributed by atoms with van der Waals surface area (Å²) in [5, 5.41) is 5.47. The zero-order valence-electron chi connectivity index (χ0n) is 12.1. The fourth-order valence-electron chi connectivity index (χ4n) is 1.81. The van der Waals surface area contributed by atoms with Crippen LogP contribution in [0, 0.1) is 0 Å². The van der Waals surface area contributed by atoms with Crippen LogP contribution in [0.4, 0.5) is 5.69 Å². The number of furan rings is 1. The zero-order chi connectivity index (χ0) is 15.8. The summed E-state index contributed by atoms with van der Waals surface area (Å²) in [6.45, 7) is 0. The van der Waals surface area contributed by atoms with Crippen LogP contribution in [0.25, 0.3) is 0 Å². The van der Waals surface area contributed by atoms with Crippen LogP contribution >= 0.6 is 11.8 Å². The SMILES string of the molecule is CSCC[C@H](NC(=O)c1ccco1)C(=O)Nc1ccncc1. The van der Waals surface area contributed by atoms with E-state index >= 15 is 0 Å². The molecule has 0 saturated heterocycles. The van der Waals surface area contributed by atoms with Crippen molar-refractivity contribution < 1.29 is 14.0 Å².